The maximum Gasteiger partial charge on any atom is 0.264 e. The molecule has 5 rings (SSSR count). The van der Waals surface area contributed by atoms with Gasteiger partial charge in [-0.2, -0.15) is 0 Å². The van der Waals surface area contributed by atoms with Crippen LogP contribution in [0.4, 0.5) is 11.4 Å². The minimum atomic E-state index is -3.82. The topological polar surface area (TPSA) is 97.2 Å². The smallest absolute Gasteiger partial charge is 0.264 e. The first-order valence-corrected chi connectivity index (χ1v) is 12.0. The van der Waals surface area contributed by atoms with Crippen LogP contribution in [-0.2, 0) is 16.4 Å². The van der Waals surface area contributed by atoms with Gasteiger partial charge in [-0.15, -0.1) is 5.10 Å². The van der Waals surface area contributed by atoms with E-state index in [0.29, 0.717) is 23.6 Å². The molecule has 0 atom stereocenters. The van der Waals surface area contributed by atoms with Crippen LogP contribution in [0.25, 0.3) is 5.69 Å². The van der Waals surface area contributed by atoms with Gasteiger partial charge in [-0.3, -0.25) is 9.10 Å². The van der Waals surface area contributed by atoms with Gasteiger partial charge < -0.3 is 5.32 Å². The van der Waals surface area contributed by atoms with Crippen molar-refractivity contribution in [3.8, 4) is 5.69 Å². The average Bonchev–Trinajstić information content (AvgIpc) is 3.39. The Morgan fingerprint density at radius 1 is 0.939 bits per heavy atom. The van der Waals surface area contributed by atoms with E-state index in [1.165, 1.54) is 16.4 Å². The fraction of sp³-hybridized carbons (Fsp3) is 0.125. The second-order valence-electron chi connectivity index (χ2n) is 7.66. The molecular formula is C24H21N5O3S. The van der Waals surface area contributed by atoms with Crippen molar-refractivity contribution in [1.82, 2.24) is 15.0 Å². The largest absolute Gasteiger partial charge is 0.320 e. The third kappa shape index (κ3) is 3.98. The van der Waals surface area contributed by atoms with E-state index >= 15 is 0 Å². The van der Waals surface area contributed by atoms with Crippen LogP contribution in [0, 0.1) is 0 Å². The Kier molecular flexibility index (Phi) is 5.39. The lowest BCUT2D eigenvalue weighted by Crippen LogP contribution is -2.35. The van der Waals surface area contributed by atoms with E-state index in [0.717, 1.165) is 18.4 Å². The molecule has 1 N–H and O–H groups in total. The number of fused-ring (bicyclic) bond motifs is 1. The SMILES string of the molecule is O=C(Nc1ccccc1-n1ccnn1)c1cccc(S(=O)(=O)N2CCCc3ccccc32)c1. The highest BCUT2D eigenvalue weighted by Crippen LogP contribution is 2.32. The zero-order chi connectivity index (χ0) is 22.8. The van der Waals surface area contributed by atoms with Gasteiger partial charge in [-0.1, -0.05) is 41.6 Å². The maximum atomic E-state index is 13.5. The Balaban J connectivity index is 1.44. The first kappa shape index (κ1) is 20.9. The molecule has 0 fully saturated rings. The lowest BCUT2D eigenvalue weighted by atomic mass is 10.0. The van der Waals surface area contributed by atoms with Gasteiger partial charge >= 0.3 is 0 Å². The molecule has 0 spiro atoms. The molecule has 0 saturated heterocycles. The van der Waals surface area contributed by atoms with Crippen LogP contribution in [0.5, 0.6) is 0 Å². The molecule has 1 amide bonds. The number of aromatic nitrogens is 3. The Labute approximate surface area is 191 Å². The molecule has 4 aromatic rings. The molecule has 1 aromatic heterocycles. The van der Waals surface area contributed by atoms with Gasteiger partial charge in [0.15, 0.2) is 0 Å². The molecule has 1 aliphatic rings. The maximum absolute atomic E-state index is 13.5. The fourth-order valence-corrected chi connectivity index (χ4v) is 5.57. The molecule has 0 aliphatic carbocycles. The summed E-state index contributed by atoms with van der Waals surface area (Å²) in [6, 6.07) is 20.8. The van der Waals surface area contributed by atoms with E-state index in [1.807, 2.05) is 30.3 Å². The first-order chi connectivity index (χ1) is 16.0. The molecule has 0 saturated carbocycles. The molecule has 8 nitrogen and oxygen atoms in total. The van der Waals surface area contributed by atoms with Crippen molar-refractivity contribution in [2.24, 2.45) is 0 Å². The van der Waals surface area contributed by atoms with Gasteiger partial charge in [0, 0.05) is 12.1 Å². The van der Waals surface area contributed by atoms with Gasteiger partial charge in [0.2, 0.25) is 0 Å². The summed E-state index contributed by atoms with van der Waals surface area (Å²) in [5, 5.41) is 10.6. The van der Waals surface area contributed by atoms with Crippen LogP contribution in [0.1, 0.15) is 22.3 Å². The number of aryl methyl sites for hydroxylation is 1. The van der Waals surface area contributed by atoms with Crippen molar-refractivity contribution in [3.63, 3.8) is 0 Å². The van der Waals surface area contributed by atoms with Crippen LogP contribution in [-0.4, -0.2) is 35.9 Å². The standard InChI is InChI=1S/C24H21N5O3S/c30-24(26-21-11-2-4-13-23(21)28-16-14-25-27-28)19-8-5-10-20(17-19)33(31,32)29-15-6-9-18-7-1-3-12-22(18)29/h1-5,7-8,10-14,16-17H,6,9,15H2,(H,26,30). The van der Waals surface area contributed by atoms with E-state index in [4.69, 9.17) is 0 Å². The van der Waals surface area contributed by atoms with E-state index in [-0.39, 0.29) is 10.5 Å². The summed E-state index contributed by atoms with van der Waals surface area (Å²) in [6.07, 6.45) is 4.81. The van der Waals surface area contributed by atoms with E-state index in [9.17, 15) is 13.2 Å². The lowest BCUT2D eigenvalue weighted by molar-refractivity contribution is 0.102. The molecule has 1 aliphatic heterocycles. The van der Waals surface area contributed by atoms with Crippen LogP contribution in [0.3, 0.4) is 0 Å². The number of nitrogens with zero attached hydrogens (tertiary/aromatic N) is 4. The molecule has 9 heteroatoms. The van der Waals surface area contributed by atoms with Crippen molar-refractivity contribution in [2.75, 3.05) is 16.2 Å². The molecule has 0 bridgehead atoms. The number of rotatable bonds is 5. The Morgan fingerprint density at radius 2 is 1.73 bits per heavy atom. The molecule has 3 aromatic carbocycles. The van der Waals surface area contributed by atoms with E-state index in [2.05, 4.69) is 15.6 Å². The Hall–Kier alpha value is -3.98. The van der Waals surface area contributed by atoms with Gasteiger partial charge in [0.1, 0.15) is 0 Å². The molecule has 166 valence electrons. The zero-order valence-electron chi connectivity index (χ0n) is 17.6. The third-order valence-electron chi connectivity index (χ3n) is 5.57. The highest BCUT2D eigenvalue weighted by molar-refractivity contribution is 7.92. The van der Waals surface area contributed by atoms with Crippen molar-refractivity contribution in [1.29, 1.82) is 0 Å². The number of nitrogens with one attached hydrogen (secondary N) is 1. The number of amides is 1. The fourth-order valence-electron chi connectivity index (χ4n) is 3.98. The molecular weight excluding hydrogens is 438 g/mol. The zero-order valence-corrected chi connectivity index (χ0v) is 18.4. The van der Waals surface area contributed by atoms with Crippen LogP contribution in [0.15, 0.2) is 90.1 Å². The predicted octanol–water partition coefficient (Wildman–Crippen LogP) is 3.66. The predicted molar refractivity (Wildman–Crippen MR) is 125 cm³/mol. The summed E-state index contributed by atoms with van der Waals surface area (Å²) in [5.41, 5.74) is 3.13. The minimum absolute atomic E-state index is 0.0800. The second-order valence-corrected chi connectivity index (χ2v) is 9.52. The number of carbonyl (C=O) groups is 1. The summed E-state index contributed by atoms with van der Waals surface area (Å²) in [4.78, 5) is 13.1. The normalized spacial score (nSPS) is 13.4. The van der Waals surface area contributed by atoms with E-state index in [1.54, 1.807) is 47.4 Å². The lowest BCUT2D eigenvalue weighted by Gasteiger charge is -2.30. The van der Waals surface area contributed by atoms with Crippen molar-refractivity contribution in [2.45, 2.75) is 17.7 Å². The van der Waals surface area contributed by atoms with Gasteiger partial charge in [-0.25, -0.2) is 13.1 Å². The number of hydrogen-bond donors (Lipinski definition) is 1. The number of hydrogen-bond acceptors (Lipinski definition) is 5. The molecule has 0 unspecified atom stereocenters. The van der Waals surface area contributed by atoms with Crippen LogP contribution < -0.4 is 9.62 Å². The number of para-hydroxylation sites is 3. The summed E-state index contributed by atoms with van der Waals surface area (Å²) in [6.45, 7) is 0.404. The van der Waals surface area contributed by atoms with E-state index < -0.39 is 15.9 Å². The van der Waals surface area contributed by atoms with Crippen molar-refractivity contribution >= 4 is 27.3 Å². The summed E-state index contributed by atoms with van der Waals surface area (Å²) in [5.74, 6) is -0.418. The number of carbonyl (C=O) groups excluding carboxylic acids is 1. The van der Waals surface area contributed by atoms with Crippen LogP contribution in [0.2, 0.25) is 0 Å². The van der Waals surface area contributed by atoms with Crippen molar-refractivity contribution in [3.05, 3.63) is 96.3 Å². The summed E-state index contributed by atoms with van der Waals surface area (Å²) in [7, 11) is -3.82. The second kappa shape index (κ2) is 8.51. The Bertz CT molecular complexity index is 1420. The van der Waals surface area contributed by atoms with Gasteiger partial charge in [0.25, 0.3) is 15.9 Å². The highest BCUT2D eigenvalue weighted by atomic mass is 32.2. The minimum Gasteiger partial charge on any atom is -0.320 e. The summed E-state index contributed by atoms with van der Waals surface area (Å²) >= 11 is 0. The molecule has 33 heavy (non-hydrogen) atoms. The van der Waals surface area contributed by atoms with Gasteiger partial charge in [0.05, 0.1) is 34.4 Å². The monoisotopic (exact) mass is 459 g/mol. The average molecular weight is 460 g/mol. The highest BCUT2D eigenvalue weighted by Gasteiger charge is 2.29. The van der Waals surface area contributed by atoms with Gasteiger partial charge in [-0.05, 0) is 54.8 Å². The third-order valence-corrected chi connectivity index (χ3v) is 7.38. The van der Waals surface area contributed by atoms with Crippen molar-refractivity contribution < 1.29 is 13.2 Å². The molecule has 2 heterocycles. The number of anilines is 2. The first-order valence-electron chi connectivity index (χ1n) is 10.5. The Morgan fingerprint density at radius 3 is 2.55 bits per heavy atom. The number of benzene rings is 3. The number of sulfonamides is 1. The quantitative estimate of drug-likeness (QED) is 0.491. The summed E-state index contributed by atoms with van der Waals surface area (Å²) < 4.78 is 29.9. The molecule has 0 radical (unpaired) electrons. The van der Waals surface area contributed by atoms with Crippen LogP contribution >= 0.6 is 0 Å².